The summed E-state index contributed by atoms with van der Waals surface area (Å²) >= 11 is 0. The highest BCUT2D eigenvalue weighted by atomic mass is 17.2. The van der Waals surface area contributed by atoms with Crippen LogP contribution in [-0.4, -0.2) is 24.8 Å². The van der Waals surface area contributed by atoms with Gasteiger partial charge in [0.25, 0.3) is 0 Å². The number of benzene rings is 2. The molecule has 0 aliphatic carbocycles. The molecule has 0 bridgehead atoms. The monoisotopic (exact) mass is 384 g/mol. The maximum atomic E-state index is 11.8. The number of hydrogen-bond donors (Lipinski definition) is 0. The van der Waals surface area contributed by atoms with Crippen molar-refractivity contribution in [3.63, 3.8) is 0 Å². The maximum Gasteiger partial charge on any atom is 0.233 e. The Hall–Kier alpha value is -2.30. The summed E-state index contributed by atoms with van der Waals surface area (Å²) < 4.78 is 0. The largest absolute Gasteiger partial charge is 0.285 e. The van der Waals surface area contributed by atoms with E-state index < -0.39 is 11.6 Å². The lowest BCUT2D eigenvalue weighted by Gasteiger charge is -2.02. The first-order valence-corrected chi connectivity index (χ1v) is 10.1. The molecule has 0 aliphatic heterocycles. The van der Waals surface area contributed by atoms with Crippen LogP contribution in [0.1, 0.15) is 73.1 Å². The lowest BCUT2D eigenvalue weighted by Crippen LogP contribution is -2.14. The van der Waals surface area contributed by atoms with Crippen molar-refractivity contribution in [1.29, 1.82) is 0 Å². The van der Waals surface area contributed by atoms with Crippen LogP contribution >= 0.6 is 0 Å². The molecule has 4 nitrogen and oxygen atoms in total. The number of carbonyl (C=O) groups excluding carboxylic acids is 2. The van der Waals surface area contributed by atoms with Crippen LogP contribution in [0.15, 0.2) is 60.7 Å². The summed E-state index contributed by atoms with van der Waals surface area (Å²) in [5.74, 6) is -0.932. The van der Waals surface area contributed by atoms with Crippen molar-refractivity contribution in [3.8, 4) is 0 Å². The van der Waals surface area contributed by atoms with E-state index in [9.17, 15) is 9.59 Å². The van der Waals surface area contributed by atoms with Crippen LogP contribution in [0.4, 0.5) is 0 Å². The molecule has 0 N–H and O–H groups in total. The molecule has 0 atom stereocenters. The molecule has 2 aromatic carbocycles. The molecule has 4 heteroatoms. The minimum absolute atomic E-state index is 0.427. The van der Waals surface area contributed by atoms with Gasteiger partial charge < -0.3 is 0 Å². The summed E-state index contributed by atoms with van der Waals surface area (Å²) in [7, 11) is 0. The Labute approximate surface area is 168 Å². The predicted octanol–water partition coefficient (Wildman–Crippen LogP) is 6.07. The lowest BCUT2D eigenvalue weighted by molar-refractivity contribution is -0.295. The van der Waals surface area contributed by atoms with Crippen molar-refractivity contribution in [3.05, 3.63) is 71.8 Å². The lowest BCUT2D eigenvalue weighted by atomic mass is 10.0. The molecule has 28 heavy (non-hydrogen) atoms. The molecule has 0 amide bonds. The molecule has 0 aromatic heterocycles. The smallest absolute Gasteiger partial charge is 0.233 e. The van der Waals surface area contributed by atoms with Gasteiger partial charge in [0.2, 0.25) is 11.6 Å². The second-order valence-corrected chi connectivity index (χ2v) is 6.45. The third-order valence-electron chi connectivity index (χ3n) is 4.02. The molecule has 0 radical (unpaired) electrons. The first-order valence-electron chi connectivity index (χ1n) is 10.1. The van der Waals surface area contributed by atoms with Gasteiger partial charge >= 0.3 is 0 Å². The molecular weight excluding hydrogens is 352 g/mol. The van der Waals surface area contributed by atoms with Gasteiger partial charge in [0.1, 0.15) is 0 Å². The van der Waals surface area contributed by atoms with Gasteiger partial charge in [-0.15, -0.1) is 0 Å². The second-order valence-electron chi connectivity index (χ2n) is 6.45. The number of rotatable bonds is 12. The van der Waals surface area contributed by atoms with E-state index >= 15 is 0 Å². The quantitative estimate of drug-likeness (QED) is 0.147. The van der Waals surface area contributed by atoms with E-state index in [1.165, 1.54) is 25.7 Å². The zero-order valence-corrected chi connectivity index (χ0v) is 17.1. The molecule has 152 valence electrons. The summed E-state index contributed by atoms with van der Waals surface area (Å²) in [6, 6.07) is 17.2. The Morgan fingerprint density at radius 3 is 1.29 bits per heavy atom. The zero-order chi connectivity index (χ0) is 20.5. The number of unbranched alkanes of at least 4 members (excludes halogenated alkanes) is 4. The normalized spacial score (nSPS) is 10.1. The summed E-state index contributed by atoms with van der Waals surface area (Å²) in [6.07, 6.45) is 7.17. The predicted molar refractivity (Wildman–Crippen MR) is 112 cm³/mol. The number of ketones is 2. The molecule has 2 aromatic rings. The van der Waals surface area contributed by atoms with Crippen LogP contribution in [0.3, 0.4) is 0 Å². The summed E-state index contributed by atoms with van der Waals surface area (Å²) in [5, 5.41) is 0. The Balaban J connectivity index is 0.000000295. The van der Waals surface area contributed by atoms with Crippen LogP contribution in [0.25, 0.3) is 0 Å². The molecule has 2 rings (SSSR count). The molecule has 0 spiro atoms. The van der Waals surface area contributed by atoms with Gasteiger partial charge in [-0.2, -0.15) is 0 Å². The van der Waals surface area contributed by atoms with E-state index in [0.29, 0.717) is 11.1 Å². The fraction of sp³-hybridized carbons (Fsp3) is 0.417. The first-order chi connectivity index (χ1) is 13.7. The van der Waals surface area contributed by atoms with Crippen molar-refractivity contribution in [2.24, 2.45) is 0 Å². The van der Waals surface area contributed by atoms with Gasteiger partial charge in [-0.25, -0.2) is 9.78 Å². The first kappa shape index (κ1) is 23.7. The molecule has 0 saturated carbocycles. The summed E-state index contributed by atoms with van der Waals surface area (Å²) in [5.41, 5.74) is 0.854. The Morgan fingerprint density at radius 1 is 0.607 bits per heavy atom. The minimum atomic E-state index is -0.466. The summed E-state index contributed by atoms with van der Waals surface area (Å²) in [6.45, 7) is 5.87. The van der Waals surface area contributed by atoms with Crippen LogP contribution in [0.2, 0.25) is 0 Å². The third-order valence-corrected chi connectivity index (χ3v) is 4.02. The highest BCUT2D eigenvalue weighted by Crippen LogP contribution is 2.07. The van der Waals surface area contributed by atoms with E-state index in [0.717, 1.165) is 26.1 Å². The number of carbonyl (C=O) groups is 2. The number of hydrogen-bond acceptors (Lipinski definition) is 4. The van der Waals surface area contributed by atoms with Crippen molar-refractivity contribution in [2.45, 2.75) is 52.4 Å². The van der Waals surface area contributed by atoms with E-state index in [1.54, 1.807) is 48.5 Å². The van der Waals surface area contributed by atoms with E-state index in [4.69, 9.17) is 9.78 Å². The van der Waals surface area contributed by atoms with Gasteiger partial charge in [-0.05, 0) is 12.8 Å². The Kier molecular flexibility index (Phi) is 13.3. The van der Waals surface area contributed by atoms with Gasteiger partial charge in [-0.1, -0.05) is 100 Å². The van der Waals surface area contributed by atoms with Crippen LogP contribution in [0.5, 0.6) is 0 Å². The van der Waals surface area contributed by atoms with E-state index in [-0.39, 0.29) is 0 Å². The molecule has 0 heterocycles. The SMILES string of the molecule is CCCCCOOCCCCC.O=C(C(=O)c1ccccc1)c1ccccc1. The van der Waals surface area contributed by atoms with Gasteiger partial charge in [0, 0.05) is 11.1 Å². The molecule has 0 aliphatic rings. The van der Waals surface area contributed by atoms with E-state index in [2.05, 4.69) is 13.8 Å². The van der Waals surface area contributed by atoms with Crippen LogP contribution in [-0.2, 0) is 9.78 Å². The standard InChI is InChI=1S/C14H10O2.C10H22O2/c15-13(11-7-3-1-4-8-11)14(16)12-9-5-2-6-10-12;1-3-5-7-9-11-12-10-8-6-4-2/h1-10H;3-10H2,1-2H3. The topological polar surface area (TPSA) is 52.6 Å². The van der Waals surface area contributed by atoms with Gasteiger partial charge in [0.15, 0.2) is 0 Å². The zero-order valence-electron chi connectivity index (χ0n) is 17.1. The second kappa shape index (κ2) is 15.7. The Morgan fingerprint density at radius 2 is 0.964 bits per heavy atom. The average Bonchev–Trinajstić information content (AvgIpc) is 2.76. The van der Waals surface area contributed by atoms with Gasteiger partial charge in [-0.3, -0.25) is 9.59 Å². The van der Waals surface area contributed by atoms with Crippen LogP contribution < -0.4 is 0 Å². The molecule has 0 saturated heterocycles. The van der Waals surface area contributed by atoms with E-state index in [1.807, 2.05) is 12.1 Å². The minimum Gasteiger partial charge on any atom is -0.285 e. The molecule has 0 fully saturated rings. The summed E-state index contributed by atoms with van der Waals surface area (Å²) in [4.78, 5) is 33.6. The Bertz CT molecular complexity index is 593. The molecular formula is C24H32O4. The maximum absolute atomic E-state index is 11.8. The van der Waals surface area contributed by atoms with Crippen molar-refractivity contribution in [1.82, 2.24) is 0 Å². The van der Waals surface area contributed by atoms with Crippen LogP contribution in [0, 0.1) is 0 Å². The number of Topliss-reactive ketones (excluding diaryl/α,β-unsaturated/α-hetero) is 2. The highest BCUT2D eigenvalue weighted by molar-refractivity contribution is 6.49. The van der Waals surface area contributed by atoms with Crippen molar-refractivity contribution in [2.75, 3.05) is 13.2 Å². The highest BCUT2D eigenvalue weighted by Gasteiger charge is 2.17. The molecule has 0 unspecified atom stereocenters. The van der Waals surface area contributed by atoms with Gasteiger partial charge in [0.05, 0.1) is 13.2 Å². The third kappa shape index (κ3) is 10.1. The fourth-order valence-corrected chi connectivity index (χ4v) is 2.38. The average molecular weight is 385 g/mol. The van der Waals surface area contributed by atoms with Crippen molar-refractivity contribution >= 4 is 11.6 Å². The fourth-order valence-electron chi connectivity index (χ4n) is 2.38. The van der Waals surface area contributed by atoms with Crippen molar-refractivity contribution < 1.29 is 19.4 Å².